The topological polar surface area (TPSA) is 60.7 Å². The lowest BCUT2D eigenvalue weighted by molar-refractivity contribution is -0.207. The van der Waals surface area contributed by atoms with Gasteiger partial charge in [0.15, 0.2) is 0 Å². The normalized spacial score (nSPS) is 54.5. The van der Waals surface area contributed by atoms with Crippen molar-refractivity contribution in [2.24, 2.45) is 46.3 Å². The zero-order valence-electron chi connectivity index (χ0n) is 18.6. The van der Waals surface area contributed by atoms with Crippen LogP contribution in [0.4, 0.5) is 0 Å². The first-order chi connectivity index (χ1) is 13.2. The van der Waals surface area contributed by atoms with Gasteiger partial charge in [0.25, 0.3) is 0 Å². The van der Waals surface area contributed by atoms with E-state index in [1.807, 2.05) is 0 Å². The lowest BCUT2D eigenvalue weighted by atomic mass is 9.43. The third kappa shape index (κ3) is 3.02. The highest BCUT2D eigenvalue weighted by Gasteiger charge is 2.65. The van der Waals surface area contributed by atoms with Crippen LogP contribution in [0.15, 0.2) is 0 Å². The second-order valence-corrected chi connectivity index (χ2v) is 11.6. The first-order valence-electron chi connectivity index (χ1n) is 12.3. The van der Waals surface area contributed by atoms with Crippen molar-refractivity contribution in [3.8, 4) is 0 Å². The smallest absolute Gasteiger partial charge is 0.0602 e. The molecule has 28 heavy (non-hydrogen) atoms. The summed E-state index contributed by atoms with van der Waals surface area (Å²) in [6.45, 7) is 9.45. The lowest BCUT2D eigenvalue weighted by Crippen LogP contribution is -2.62. The van der Waals surface area contributed by atoms with Crippen molar-refractivity contribution in [3.05, 3.63) is 0 Å². The summed E-state index contributed by atoms with van der Waals surface area (Å²) < 4.78 is 0. The van der Waals surface area contributed by atoms with Crippen molar-refractivity contribution in [1.82, 2.24) is 0 Å². The summed E-state index contributed by atoms with van der Waals surface area (Å²) in [6.07, 6.45) is 9.99. The van der Waals surface area contributed by atoms with Crippen molar-refractivity contribution in [3.63, 3.8) is 0 Å². The summed E-state index contributed by atoms with van der Waals surface area (Å²) in [6, 6.07) is 0. The monoisotopic (exact) mass is 392 g/mol. The molecule has 3 N–H and O–H groups in total. The zero-order valence-corrected chi connectivity index (χ0v) is 18.6. The van der Waals surface area contributed by atoms with Gasteiger partial charge in [-0.2, -0.15) is 0 Å². The minimum absolute atomic E-state index is 0.0350. The second kappa shape index (κ2) is 7.54. The molecule has 3 nitrogen and oxygen atoms in total. The van der Waals surface area contributed by atoms with Gasteiger partial charge >= 0.3 is 0 Å². The third-order valence-electron chi connectivity index (χ3n) is 10.5. The summed E-state index contributed by atoms with van der Waals surface area (Å²) in [5.41, 5.74) is 0.143. The molecule has 0 radical (unpaired) electrons. The Kier molecular flexibility index (Phi) is 5.69. The fraction of sp³-hybridized carbons (Fsp3) is 1.00. The van der Waals surface area contributed by atoms with Crippen molar-refractivity contribution in [2.45, 2.75) is 110 Å². The van der Waals surface area contributed by atoms with Crippen LogP contribution in [0.25, 0.3) is 0 Å². The maximum atomic E-state index is 11.5. The van der Waals surface area contributed by atoms with Crippen LogP contribution < -0.4 is 0 Å². The van der Waals surface area contributed by atoms with E-state index in [0.29, 0.717) is 35.5 Å². The van der Waals surface area contributed by atoms with E-state index >= 15 is 0 Å². The maximum absolute atomic E-state index is 11.5. The van der Waals surface area contributed by atoms with Gasteiger partial charge in [-0.25, -0.2) is 0 Å². The van der Waals surface area contributed by atoms with Crippen LogP contribution in [0.5, 0.6) is 0 Å². The number of hydrogen-bond acceptors (Lipinski definition) is 3. The second-order valence-electron chi connectivity index (χ2n) is 11.6. The molecule has 0 aromatic carbocycles. The minimum atomic E-state index is -0.255. The van der Waals surface area contributed by atoms with Crippen LogP contribution in [-0.2, 0) is 0 Å². The summed E-state index contributed by atoms with van der Waals surface area (Å²) >= 11 is 0. The number of aliphatic hydroxyl groups is 3. The van der Waals surface area contributed by atoms with Gasteiger partial charge < -0.3 is 15.3 Å². The van der Waals surface area contributed by atoms with Crippen molar-refractivity contribution in [2.75, 3.05) is 0 Å². The molecule has 0 aromatic heterocycles. The Morgan fingerprint density at radius 3 is 2.43 bits per heavy atom. The quantitative estimate of drug-likeness (QED) is 0.645. The molecule has 162 valence electrons. The van der Waals surface area contributed by atoms with Gasteiger partial charge in [0.2, 0.25) is 0 Å². The predicted octanol–water partition coefficient (Wildman–Crippen LogP) is 4.77. The molecule has 4 rings (SSSR count). The summed E-state index contributed by atoms with van der Waals surface area (Å²) in [4.78, 5) is 0. The van der Waals surface area contributed by atoms with E-state index in [2.05, 4.69) is 27.7 Å². The highest BCUT2D eigenvalue weighted by molar-refractivity contribution is 5.14. The molecular weight excluding hydrogens is 348 g/mol. The number of rotatable bonds is 4. The Morgan fingerprint density at radius 2 is 1.71 bits per heavy atom. The van der Waals surface area contributed by atoms with Crippen molar-refractivity contribution >= 4 is 0 Å². The molecule has 4 saturated carbocycles. The highest BCUT2D eigenvalue weighted by atomic mass is 16.3. The fourth-order valence-corrected chi connectivity index (χ4v) is 8.86. The van der Waals surface area contributed by atoms with E-state index in [-0.39, 0.29) is 29.1 Å². The average Bonchev–Trinajstić information content (AvgIpc) is 3.01. The molecular formula is C25H44O3. The molecule has 3 heteroatoms. The standard InChI is InChI=1S/C25H44O3/c1-5-6-7-15(2)18-8-9-19-23-20(14-22(28)25(18,19)4)24(3)11-10-17(26)12-16(24)13-21(23)27/h15-23,26-28H,5-14H2,1-4H3. The van der Waals surface area contributed by atoms with Crippen LogP contribution in [0, 0.1) is 46.3 Å². The van der Waals surface area contributed by atoms with E-state index in [1.165, 1.54) is 32.1 Å². The largest absolute Gasteiger partial charge is 0.393 e. The molecule has 4 fully saturated rings. The molecule has 0 spiro atoms. The Balaban J connectivity index is 1.62. The van der Waals surface area contributed by atoms with E-state index in [9.17, 15) is 15.3 Å². The van der Waals surface area contributed by atoms with Crippen molar-refractivity contribution < 1.29 is 15.3 Å². The Hall–Kier alpha value is -0.120. The highest BCUT2D eigenvalue weighted by Crippen LogP contribution is 2.68. The Labute approximate surface area is 172 Å². The van der Waals surface area contributed by atoms with E-state index in [0.717, 1.165) is 32.1 Å². The van der Waals surface area contributed by atoms with Crippen LogP contribution in [-0.4, -0.2) is 33.6 Å². The average molecular weight is 393 g/mol. The van der Waals surface area contributed by atoms with Gasteiger partial charge in [-0.1, -0.05) is 47.0 Å². The number of aliphatic hydroxyl groups excluding tert-OH is 3. The Morgan fingerprint density at radius 1 is 0.964 bits per heavy atom. The van der Waals surface area contributed by atoms with Crippen LogP contribution in [0.2, 0.25) is 0 Å². The van der Waals surface area contributed by atoms with E-state index < -0.39 is 0 Å². The van der Waals surface area contributed by atoms with Crippen LogP contribution in [0.1, 0.15) is 91.9 Å². The van der Waals surface area contributed by atoms with Gasteiger partial charge in [0, 0.05) is 0 Å². The molecule has 0 aromatic rings. The minimum Gasteiger partial charge on any atom is -0.393 e. The molecule has 11 atom stereocenters. The molecule has 0 amide bonds. The van der Waals surface area contributed by atoms with Gasteiger partial charge in [-0.15, -0.1) is 0 Å². The zero-order chi connectivity index (χ0) is 20.3. The lowest BCUT2D eigenvalue weighted by Gasteiger charge is -2.63. The molecule has 4 aliphatic carbocycles. The SMILES string of the molecule is CCCCC(C)C1CCC2C3C(O)CC4CC(O)CCC4(C)C3CC(O)C12C. The first-order valence-corrected chi connectivity index (χ1v) is 12.3. The van der Waals surface area contributed by atoms with Gasteiger partial charge in [-0.3, -0.25) is 0 Å². The molecule has 4 aliphatic rings. The van der Waals surface area contributed by atoms with Crippen molar-refractivity contribution in [1.29, 1.82) is 0 Å². The molecule has 0 bridgehead atoms. The molecule has 0 saturated heterocycles. The Bertz CT molecular complexity index is 564. The summed E-state index contributed by atoms with van der Waals surface area (Å²) in [5.74, 6) is 2.86. The van der Waals surface area contributed by atoms with Crippen LogP contribution >= 0.6 is 0 Å². The maximum Gasteiger partial charge on any atom is 0.0602 e. The summed E-state index contributed by atoms with van der Waals surface area (Å²) in [5, 5.41) is 33.1. The predicted molar refractivity (Wildman–Crippen MR) is 113 cm³/mol. The number of fused-ring (bicyclic) bond motifs is 5. The molecule has 11 unspecified atom stereocenters. The van der Waals surface area contributed by atoms with E-state index in [1.54, 1.807) is 0 Å². The molecule has 0 aliphatic heterocycles. The summed E-state index contributed by atoms with van der Waals surface area (Å²) in [7, 11) is 0. The molecule has 0 heterocycles. The van der Waals surface area contributed by atoms with Gasteiger partial charge in [0.05, 0.1) is 18.3 Å². The van der Waals surface area contributed by atoms with E-state index in [4.69, 9.17) is 0 Å². The fourth-order valence-electron chi connectivity index (χ4n) is 8.86. The first kappa shape index (κ1) is 21.1. The number of unbranched alkanes of at least 4 members (excludes halogenated alkanes) is 1. The number of hydrogen-bond donors (Lipinski definition) is 3. The van der Waals surface area contributed by atoms with Gasteiger partial charge in [0.1, 0.15) is 0 Å². The third-order valence-corrected chi connectivity index (χ3v) is 10.5. The van der Waals surface area contributed by atoms with Gasteiger partial charge in [-0.05, 0) is 91.3 Å². The van der Waals surface area contributed by atoms with Crippen LogP contribution in [0.3, 0.4) is 0 Å².